The molecule has 0 spiro atoms. The maximum Gasteiger partial charge on any atom is 0.304 e. The number of nitrogens with one attached hydrogen (secondary N) is 10. The molecule has 98 heavy (non-hydrogen) atoms. The van der Waals surface area contributed by atoms with Crippen molar-refractivity contribution in [1.29, 1.82) is 0 Å². The first-order valence-electron chi connectivity index (χ1n) is 32.3. The van der Waals surface area contributed by atoms with Gasteiger partial charge >= 0.3 is 5.97 Å². The Morgan fingerprint density at radius 1 is 0.806 bits per heavy atom. The fraction of sp³-hybridized carbons (Fsp3) is 0.656. The number of aliphatic carboxylic acids is 1. The number of Topliss-reactive ketones (excluding diaryl/α,β-unsaturated/α-hetero) is 1. The first-order valence-corrected chi connectivity index (χ1v) is 34.8. The normalized spacial score (nSPS) is 23.8. The smallest absolute Gasteiger partial charge is 0.304 e. The van der Waals surface area contributed by atoms with Gasteiger partial charge in [0.1, 0.15) is 41.0 Å². The molecule has 0 aliphatic carbocycles. The van der Waals surface area contributed by atoms with E-state index in [4.69, 9.17) is 34.5 Å². The van der Waals surface area contributed by atoms with Gasteiger partial charge in [-0.1, -0.05) is 34.1 Å². The molecule has 0 radical (unpaired) electrons. The zero-order chi connectivity index (χ0) is 71.6. The van der Waals surface area contributed by atoms with Crippen molar-refractivity contribution >= 4 is 98.4 Å². The van der Waals surface area contributed by atoms with Crippen LogP contribution >= 0.6 is 11.8 Å². The number of H-pyrrole nitrogens is 1. The number of hydrogen-bond acceptors (Lipinski definition) is 25. The Kier molecular flexibility index (Phi) is 32.3. The van der Waals surface area contributed by atoms with Crippen LogP contribution < -0.4 is 53.9 Å². The first-order chi connectivity index (χ1) is 46.8. The van der Waals surface area contributed by atoms with Gasteiger partial charge in [-0.15, -0.1) is 5.53 Å². The number of carbonyl (C=O) groups excluding carboxylic acids is 10. The second-order valence-corrected chi connectivity index (χ2v) is 26.7. The van der Waals surface area contributed by atoms with Gasteiger partial charge in [0.2, 0.25) is 53.2 Å². The molecule has 6 rings (SSSR count). The average Bonchev–Trinajstić information content (AvgIpc) is 1.61. The van der Waals surface area contributed by atoms with Crippen molar-refractivity contribution in [3.05, 3.63) is 35.2 Å². The molecular weight excluding hydrogens is 1330 g/mol. The van der Waals surface area contributed by atoms with E-state index in [1.807, 2.05) is 0 Å². The van der Waals surface area contributed by atoms with Crippen LogP contribution in [0.5, 0.6) is 5.75 Å². The van der Waals surface area contributed by atoms with Crippen molar-refractivity contribution in [2.24, 2.45) is 29.4 Å². The number of hydrogen-bond donors (Lipinski definition) is 16. The lowest BCUT2D eigenvalue weighted by atomic mass is 9.86. The summed E-state index contributed by atoms with van der Waals surface area (Å²) < 4.78 is 43.4. The van der Waals surface area contributed by atoms with Crippen molar-refractivity contribution < 1.29 is 106 Å². The number of phenols is 1. The number of aromatic nitrogens is 1. The summed E-state index contributed by atoms with van der Waals surface area (Å²) >= 11 is 1.34. The van der Waals surface area contributed by atoms with Gasteiger partial charge in [0.05, 0.1) is 152 Å². The second kappa shape index (κ2) is 39.9. The number of aliphatic hydroxyl groups is 3. The minimum Gasteiger partial charge on any atom is -0.508 e. The van der Waals surface area contributed by atoms with E-state index < -0.39 is 194 Å². The molecule has 1 fully saturated rings. The van der Waals surface area contributed by atoms with E-state index in [9.17, 15) is 73.2 Å². The summed E-state index contributed by atoms with van der Waals surface area (Å²) in [6.45, 7) is 7.18. The van der Waals surface area contributed by atoms with Gasteiger partial charge in [-0.25, -0.2) is 0 Å². The quantitative estimate of drug-likeness (QED) is 0.0305. The second-order valence-electron chi connectivity index (χ2n) is 24.1. The molecule has 4 aliphatic rings. The highest BCUT2D eigenvalue weighted by Crippen LogP contribution is 2.36. The predicted molar refractivity (Wildman–Crippen MR) is 349 cm³/mol. The van der Waals surface area contributed by atoms with Gasteiger partial charge < -0.3 is 107 Å². The highest BCUT2D eigenvalue weighted by Gasteiger charge is 2.45. The molecule has 1 aromatic carbocycles. The number of phenolic OH excluding ortho intramolecular Hbond substituents is 1. The molecule has 35 nitrogen and oxygen atoms in total. The Morgan fingerprint density at radius 3 is 2.10 bits per heavy atom. The summed E-state index contributed by atoms with van der Waals surface area (Å²) in [4.78, 5) is 154. The van der Waals surface area contributed by atoms with Crippen molar-refractivity contribution in [3.8, 4) is 5.75 Å². The number of benzene rings is 1. The number of carboxylic acid groups (broad SMARTS) is 1. The number of amides is 9. The summed E-state index contributed by atoms with van der Waals surface area (Å²) in [5, 5.41) is 71.7. The predicted octanol–water partition coefficient (Wildman–Crippen LogP) is -5.12. The lowest BCUT2D eigenvalue weighted by molar-refractivity contribution is -0.144. The molecule has 0 saturated carbocycles. The van der Waals surface area contributed by atoms with Gasteiger partial charge in [0, 0.05) is 72.2 Å². The number of fused-ring (bicyclic) bond motifs is 5. The first kappa shape index (κ1) is 79.4. The van der Waals surface area contributed by atoms with Crippen molar-refractivity contribution in [3.63, 3.8) is 0 Å². The summed E-state index contributed by atoms with van der Waals surface area (Å²) in [6.07, 6.45) is -3.47. The maximum absolute atomic E-state index is 15.2. The summed E-state index contributed by atoms with van der Waals surface area (Å²) in [6, 6.07) is -6.14. The number of rotatable bonds is 32. The number of aromatic amines is 1. The van der Waals surface area contributed by atoms with E-state index in [1.165, 1.54) is 30.8 Å². The molecule has 9 amide bonds. The van der Waals surface area contributed by atoms with E-state index in [0.717, 1.165) is 4.90 Å². The van der Waals surface area contributed by atoms with Gasteiger partial charge in [-0.05, 0) is 23.6 Å². The molecule has 2 bridgehead atoms. The topological polar surface area (TPSA) is 509 Å². The Labute approximate surface area is 572 Å². The number of aliphatic hydroxyl groups excluding tert-OH is 3. The van der Waals surface area contributed by atoms with Gasteiger partial charge in [-0.3, -0.25) is 62.0 Å². The molecule has 1 aromatic heterocycles. The number of primary amides is 1. The number of hydrazine groups is 2. The highest BCUT2D eigenvalue weighted by molar-refractivity contribution is 7.98. The van der Waals surface area contributed by atoms with Crippen molar-refractivity contribution in [1.82, 2.24) is 63.1 Å². The summed E-state index contributed by atoms with van der Waals surface area (Å²) in [5.41, 5.74) is 12.7. The Bertz CT molecular complexity index is 3180. The monoisotopic (exact) mass is 1420 g/mol. The van der Waals surface area contributed by atoms with Crippen molar-refractivity contribution in [2.75, 3.05) is 117 Å². The standard InChI is InChI=1S/C61H93N13O22S2/c1-5-33(2)40-21-37(76)26-64-56(86)43-23-41-39-6-7-47(78)42(31-97-19-18-96-17-16-95-15-14-94-13-12-93-11-10-92-9-8-73-28-36(71-72-73)25-63-54(84)34(3)20-51(82)83)53(39)70-60(41)98(91)32-45(66-50(81)27-65-55(40)85)57(87)68-44(24-49(62)80)61(90)74-29-38(77)22-46(74)58(88)69-52(59(89)67-43)35(4)48(79)30-75/h6-7,28,33-35,38,40,43-46,48,52,70-72,75,77-79H,5,8-27,29-32H2,1-4H3,(H2,62,80)(H,63,84)(H,64,86)(H,65,85)(H,66,81)(H,67,89)(H,68,87)(H,69,88)(H,82,83)/t33-,34?,35-,38+,40-,43-,44-,45+,46-,48-,52-,98?/m0/s1. The van der Waals surface area contributed by atoms with E-state index in [-0.39, 0.29) is 83.9 Å². The van der Waals surface area contributed by atoms with E-state index in [1.54, 1.807) is 32.0 Å². The van der Waals surface area contributed by atoms with Crippen LogP contribution in [0.3, 0.4) is 0 Å². The zero-order valence-corrected chi connectivity index (χ0v) is 56.9. The Morgan fingerprint density at radius 2 is 1.46 bits per heavy atom. The number of carbonyl (C=O) groups is 11. The third-order valence-electron chi connectivity index (χ3n) is 16.8. The van der Waals surface area contributed by atoms with Crippen LogP contribution in [0.2, 0.25) is 0 Å². The third kappa shape index (κ3) is 24.1. The lowest BCUT2D eigenvalue weighted by Gasteiger charge is -2.32. The Hall–Kier alpha value is -7.59. The number of thioether (sulfide) groups is 1. The fourth-order valence-corrected chi connectivity index (χ4v) is 13.3. The SMILES string of the molecule is CC[C@H](C)[C@@H]1CC(=O)CNC(=O)[C@@H]2Cc3c([nH]c4c(CSCCOCCOCCOCCOCCOCCN5C=C(CNC(=O)C(C)CC(=O)O)NN5)c(O)ccc34)S(=O)C[C@@H](NC(=O)CNC1=O)C(=O)N[C@@H](CC(N)=O)C(=O)N1C[C@H](O)C[C@H]1C(=O)N[C@@H]([C@@H](C)[C@@H](O)CO)C(=O)N2. The van der Waals surface area contributed by atoms with Crippen LogP contribution in [0.1, 0.15) is 70.9 Å². The largest absolute Gasteiger partial charge is 0.508 e. The minimum atomic E-state index is -2.48. The number of aromatic hydroxyl groups is 1. The highest BCUT2D eigenvalue weighted by atomic mass is 32.2. The van der Waals surface area contributed by atoms with E-state index in [0.29, 0.717) is 64.1 Å². The van der Waals surface area contributed by atoms with Crippen LogP contribution in [0.25, 0.3) is 10.9 Å². The summed E-state index contributed by atoms with van der Waals surface area (Å²) in [5.74, 6) is -14.4. The van der Waals surface area contributed by atoms with Gasteiger partial charge in [-0.2, -0.15) is 11.8 Å². The third-order valence-corrected chi connectivity index (χ3v) is 19.2. The molecule has 546 valence electrons. The van der Waals surface area contributed by atoms with E-state index in [2.05, 4.69) is 53.2 Å². The molecule has 17 N–H and O–H groups in total. The number of ketones is 1. The average molecular weight is 1420 g/mol. The Balaban J connectivity index is 1.13. The molecule has 5 heterocycles. The number of nitrogens with two attached hydrogens (primary N) is 1. The minimum absolute atomic E-state index is 0.0597. The van der Waals surface area contributed by atoms with Crippen LogP contribution in [-0.4, -0.2) is 269 Å². The van der Waals surface area contributed by atoms with E-state index >= 15 is 4.21 Å². The molecule has 12 atom stereocenters. The fourth-order valence-electron chi connectivity index (χ4n) is 11.0. The van der Waals surface area contributed by atoms with Crippen LogP contribution in [-0.2, 0) is 99.4 Å². The molecule has 1 saturated heterocycles. The maximum atomic E-state index is 15.2. The lowest BCUT2D eigenvalue weighted by Crippen LogP contribution is -2.62. The van der Waals surface area contributed by atoms with Crippen LogP contribution in [0.15, 0.2) is 29.1 Å². The molecular formula is C61H93N13O22S2. The molecule has 2 aromatic rings. The van der Waals surface area contributed by atoms with Gasteiger partial charge in [0.15, 0.2) is 5.78 Å². The number of nitrogens with zero attached hydrogens (tertiary/aromatic N) is 2. The zero-order valence-electron chi connectivity index (χ0n) is 55.2. The van der Waals surface area contributed by atoms with Gasteiger partial charge in [0.25, 0.3) is 0 Å². The van der Waals surface area contributed by atoms with Crippen molar-refractivity contribution in [2.45, 2.75) is 119 Å². The molecule has 2 unspecified atom stereocenters. The molecule has 37 heteroatoms. The van der Waals surface area contributed by atoms with Crippen LogP contribution in [0.4, 0.5) is 0 Å². The van der Waals surface area contributed by atoms with Crippen LogP contribution in [0, 0.1) is 23.7 Å². The number of ether oxygens (including phenoxy) is 5. The summed E-state index contributed by atoms with van der Waals surface area (Å²) in [7, 11) is -2.48. The molecule has 4 aliphatic heterocycles. The number of carboxylic acids is 1.